The van der Waals surface area contributed by atoms with E-state index in [-0.39, 0.29) is 0 Å². The van der Waals surface area contributed by atoms with Crippen LogP contribution in [-0.2, 0) is 19.4 Å². The van der Waals surface area contributed by atoms with E-state index in [0.717, 1.165) is 19.5 Å². The van der Waals surface area contributed by atoms with Gasteiger partial charge >= 0.3 is 0 Å². The van der Waals surface area contributed by atoms with Gasteiger partial charge in [0, 0.05) is 20.8 Å². The van der Waals surface area contributed by atoms with Gasteiger partial charge < -0.3 is 5.32 Å². The summed E-state index contributed by atoms with van der Waals surface area (Å²) in [6.07, 6.45) is 2.34. The SMILES string of the molecule is CCc1sc2c(c1Br)CCNC2. The highest BCUT2D eigenvalue weighted by molar-refractivity contribution is 9.10. The van der Waals surface area contributed by atoms with Crippen molar-refractivity contribution in [2.24, 2.45) is 0 Å². The molecule has 0 saturated carbocycles. The van der Waals surface area contributed by atoms with Crippen LogP contribution >= 0.6 is 27.3 Å². The van der Waals surface area contributed by atoms with Gasteiger partial charge in [0.05, 0.1) is 0 Å². The fourth-order valence-corrected chi connectivity index (χ4v) is 3.83. The standard InChI is InChI=1S/C9H12BrNS/c1-2-7-9(10)6-3-4-11-5-8(6)12-7/h11H,2-5H2,1H3. The molecular weight excluding hydrogens is 234 g/mol. The molecule has 0 radical (unpaired) electrons. The second-order valence-electron chi connectivity index (χ2n) is 3.02. The Morgan fingerprint density at radius 3 is 3.08 bits per heavy atom. The van der Waals surface area contributed by atoms with E-state index in [0.29, 0.717) is 0 Å². The zero-order valence-corrected chi connectivity index (χ0v) is 9.52. The Kier molecular flexibility index (Phi) is 2.53. The van der Waals surface area contributed by atoms with Crippen LogP contribution in [-0.4, -0.2) is 6.54 Å². The van der Waals surface area contributed by atoms with Gasteiger partial charge in [-0.15, -0.1) is 11.3 Å². The van der Waals surface area contributed by atoms with Crippen LogP contribution in [0.3, 0.4) is 0 Å². The molecule has 2 heterocycles. The first kappa shape index (κ1) is 8.73. The van der Waals surface area contributed by atoms with Gasteiger partial charge in [0.2, 0.25) is 0 Å². The minimum absolute atomic E-state index is 1.07. The van der Waals surface area contributed by atoms with Crippen molar-refractivity contribution in [2.45, 2.75) is 26.3 Å². The van der Waals surface area contributed by atoms with Crippen LogP contribution in [0.5, 0.6) is 0 Å². The van der Waals surface area contributed by atoms with Gasteiger partial charge in [-0.05, 0) is 40.9 Å². The van der Waals surface area contributed by atoms with E-state index in [1.165, 1.54) is 20.6 Å². The van der Waals surface area contributed by atoms with Gasteiger partial charge in [0.25, 0.3) is 0 Å². The molecule has 12 heavy (non-hydrogen) atoms. The van der Waals surface area contributed by atoms with Gasteiger partial charge in [-0.2, -0.15) is 0 Å². The van der Waals surface area contributed by atoms with Crippen molar-refractivity contribution in [1.82, 2.24) is 5.32 Å². The molecule has 0 amide bonds. The summed E-state index contributed by atoms with van der Waals surface area (Å²) in [4.78, 5) is 3.04. The highest BCUT2D eigenvalue weighted by Gasteiger charge is 2.17. The van der Waals surface area contributed by atoms with E-state index in [1.807, 2.05) is 11.3 Å². The van der Waals surface area contributed by atoms with Crippen LogP contribution in [0.4, 0.5) is 0 Å². The first-order chi connectivity index (χ1) is 5.83. The second kappa shape index (κ2) is 3.48. The Bertz CT molecular complexity index is 293. The van der Waals surface area contributed by atoms with Crippen LogP contribution in [0.15, 0.2) is 4.47 Å². The van der Waals surface area contributed by atoms with Crippen molar-refractivity contribution in [3.05, 3.63) is 19.8 Å². The van der Waals surface area contributed by atoms with E-state index < -0.39 is 0 Å². The number of thiophene rings is 1. The largest absolute Gasteiger partial charge is 0.312 e. The first-order valence-corrected chi connectivity index (χ1v) is 5.93. The second-order valence-corrected chi connectivity index (χ2v) is 5.00. The lowest BCUT2D eigenvalue weighted by Gasteiger charge is -2.12. The number of halogens is 1. The quantitative estimate of drug-likeness (QED) is 0.803. The summed E-state index contributed by atoms with van der Waals surface area (Å²) in [7, 11) is 0. The Morgan fingerprint density at radius 1 is 1.58 bits per heavy atom. The molecule has 0 saturated heterocycles. The molecule has 3 heteroatoms. The lowest BCUT2D eigenvalue weighted by atomic mass is 10.1. The Labute approximate surface area is 85.3 Å². The van der Waals surface area contributed by atoms with Crippen molar-refractivity contribution >= 4 is 27.3 Å². The van der Waals surface area contributed by atoms with E-state index >= 15 is 0 Å². The maximum absolute atomic E-state index is 3.68. The fourth-order valence-electron chi connectivity index (χ4n) is 1.58. The number of hydrogen-bond donors (Lipinski definition) is 1. The highest BCUT2D eigenvalue weighted by atomic mass is 79.9. The van der Waals surface area contributed by atoms with E-state index in [1.54, 1.807) is 5.56 Å². The van der Waals surface area contributed by atoms with E-state index in [4.69, 9.17) is 0 Å². The van der Waals surface area contributed by atoms with Gasteiger partial charge in [-0.3, -0.25) is 0 Å². The Hall–Kier alpha value is 0.140. The fraction of sp³-hybridized carbons (Fsp3) is 0.556. The predicted molar refractivity (Wildman–Crippen MR) is 56.8 cm³/mol. The number of hydrogen-bond acceptors (Lipinski definition) is 2. The van der Waals surface area contributed by atoms with Crippen molar-refractivity contribution in [3.8, 4) is 0 Å². The summed E-state index contributed by atoms with van der Waals surface area (Å²) < 4.78 is 1.38. The Balaban J connectivity index is 2.44. The predicted octanol–water partition coefficient (Wildman–Crippen LogP) is 2.72. The molecule has 0 spiro atoms. The highest BCUT2D eigenvalue weighted by Crippen LogP contribution is 2.35. The molecule has 1 aliphatic heterocycles. The van der Waals surface area contributed by atoms with Gasteiger partial charge in [0.15, 0.2) is 0 Å². The molecule has 1 nitrogen and oxygen atoms in total. The van der Waals surface area contributed by atoms with E-state index in [2.05, 4.69) is 28.2 Å². The molecule has 1 aliphatic rings. The summed E-state index contributed by atoms with van der Waals surface area (Å²) in [5.74, 6) is 0. The molecule has 1 N–H and O–H groups in total. The zero-order valence-electron chi connectivity index (χ0n) is 7.11. The first-order valence-electron chi connectivity index (χ1n) is 4.32. The van der Waals surface area contributed by atoms with Crippen molar-refractivity contribution in [2.75, 3.05) is 6.54 Å². The van der Waals surface area contributed by atoms with Gasteiger partial charge in [-0.25, -0.2) is 0 Å². The van der Waals surface area contributed by atoms with Crippen LogP contribution < -0.4 is 5.32 Å². The minimum atomic E-state index is 1.07. The monoisotopic (exact) mass is 245 g/mol. The summed E-state index contributed by atoms with van der Waals surface area (Å²) in [6.45, 7) is 4.42. The van der Waals surface area contributed by atoms with Crippen molar-refractivity contribution in [3.63, 3.8) is 0 Å². The molecule has 0 aliphatic carbocycles. The van der Waals surface area contributed by atoms with Crippen molar-refractivity contribution in [1.29, 1.82) is 0 Å². The smallest absolute Gasteiger partial charge is 0.0350 e. The van der Waals surface area contributed by atoms with Crippen molar-refractivity contribution < 1.29 is 0 Å². The summed E-state index contributed by atoms with van der Waals surface area (Å²) in [5, 5.41) is 3.40. The molecule has 2 rings (SSSR count). The third kappa shape index (κ3) is 1.34. The lowest BCUT2D eigenvalue weighted by Crippen LogP contribution is -2.21. The van der Waals surface area contributed by atoms with Crippen LogP contribution in [0.1, 0.15) is 22.2 Å². The summed E-state index contributed by atoms with van der Waals surface area (Å²) >= 11 is 5.63. The average molecular weight is 246 g/mol. The third-order valence-corrected chi connectivity index (χ3v) is 4.85. The Morgan fingerprint density at radius 2 is 2.42 bits per heavy atom. The molecule has 0 aromatic carbocycles. The number of aryl methyl sites for hydroxylation is 1. The molecule has 0 unspecified atom stereocenters. The topological polar surface area (TPSA) is 12.0 Å². The van der Waals surface area contributed by atoms with Gasteiger partial charge in [-0.1, -0.05) is 6.92 Å². The van der Waals surface area contributed by atoms with Crippen LogP contribution in [0.25, 0.3) is 0 Å². The number of fused-ring (bicyclic) bond motifs is 1. The zero-order chi connectivity index (χ0) is 8.55. The third-order valence-electron chi connectivity index (χ3n) is 2.25. The summed E-state index contributed by atoms with van der Waals surface area (Å²) in [6, 6.07) is 0. The van der Waals surface area contributed by atoms with Crippen LogP contribution in [0.2, 0.25) is 0 Å². The minimum Gasteiger partial charge on any atom is -0.312 e. The summed E-state index contributed by atoms with van der Waals surface area (Å²) in [5.41, 5.74) is 1.55. The number of nitrogens with one attached hydrogen (secondary N) is 1. The lowest BCUT2D eigenvalue weighted by molar-refractivity contribution is 0.653. The molecule has 1 aromatic rings. The van der Waals surface area contributed by atoms with Crippen LogP contribution in [0, 0.1) is 0 Å². The molecule has 1 aromatic heterocycles. The molecule has 0 fully saturated rings. The number of rotatable bonds is 1. The maximum Gasteiger partial charge on any atom is 0.0350 e. The van der Waals surface area contributed by atoms with Gasteiger partial charge in [0.1, 0.15) is 0 Å². The average Bonchev–Trinajstić information content (AvgIpc) is 2.44. The van der Waals surface area contributed by atoms with E-state index in [9.17, 15) is 0 Å². The molecule has 66 valence electrons. The maximum atomic E-state index is 3.68. The molecule has 0 bridgehead atoms. The molecule has 0 atom stereocenters. The molecular formula is C9H12BrNS. The normalized spacial score (nSPS) is 16.2.